The molecule has 0 saturated heterocycles. The van der Waals surface area contributed by atoms with Gasteiger partial charge in [0.05, 0.1) is 11.1 Å². The van der Waals surface area contributed by atoms with Crippen LogP contribution in [0.25, 0.3) is 22.2 Å². The van der Waals surface area contributed by atoms with E-state index in [4.69, 9.17) is 0 Å². The Kier molecular flexibility index (Phi) is 4.28. The zero-order chi connectivity index (χ0) is 20.0. The minimum Gasteiger partial charge on any atom is -0.275 e. The third-order valence-electron chi connectivity index (χ3n) is 5.78. The van der Waals surface area contributed by atoms with Crippen LogP contribution in [-0.4, -0.2) is 27.2 Å². The van der Waals surface area contributed by atoms with E-state index in [0.717, 1.165) is 16.5 Å². The monoisotopic (exact) mass is 406 g/mol. The van der Waals surface area contributed by atoms with Gasteiger partial charge in [-0.15, -0.1) is 0 Å². The molecule has 148 valence electrons. The summed E-state index contributed by atoms with van der Waals surface area (Å²) in [5.74, 6) is 0.503. The van der Waals surface area contributed by atoms with Gasteiger partial charge in [-0.2, -0.15) is 5.10 Å². The molecule has 0 unspecified atom stereocenters. The molecule has 0 atom stereocenters. The van der Waals surface area contributed by atoms with E-state index < -0.39 is 10.0 Å². The Morgan fingerprint density at radius 2 is 1.79 bits per heavy atom. The first kappa shape index (κ1) is 18.1. The molecule has 1 fully saturated rings. The highest BCUT2D eigenvalue weighted by Crippen LogP contribution is 2.38. The number of aromatic nitrogens is 4. The standard InChI is InChI=1S/C22H22N4O2S/c1-25-14-18(13-24-25)21-15-26(29(27,28)19-9-3-2-4-10-19)22-20(21)11-17(12-23-22)16-7-5-6-8-16/h2-4,9-16H,5-8H2,1H3. The summed E-state index contributed by atoms with van der Waals surface area (Å²) in [7, 11) is -1.90. The van der Waals surface area contributed by atoms with Crippen LogP contribution in [0.2, 0.25) is 0 Å². The lowest BCUT2D eigenvalue weighted by atomic mass is 9.97. The zero-order valence-corrected chi connectivity index (χ0v) is 17.0. The normalized spacial score (nSPS) is 15.3. The predicted octanol–water partition coefficient (Wildman–Crippen LogP) is 4.33. The average molecular weight is 407 g/mol. The Morgan fingerprint density at radius 3 is 2.48 bits per heavy atom. The second-order valence-corrected chi connectivity index (χ2v) is 9.50. The molecule has 0 aliphatic heterocycles. The maximum atomic E-state index is 13.3. The maximum Gasteiger partial charge on any atom is 0.269 e. The SMILES string of the molecule is Cn1cc(-c2cn(S(=O)(=O)c3ccccc3)c3ncc(C4CCCC4)cc23)cn1. The summed E-state index contributed by atoms with van der Waals surface area (Å²) in [6.45, 7) is 0. The van der Waals surface area contributed by atoms with Gasteiger partial charge in [0.2, 0.25) is 0 Å². The average Bonchev–Trinajstić information content (AvgIpc) is 3.47. The maximum absolute atomic E-state index is 13.3. The van der Waals surface area contributed by atoms with Crippen molar-refractivity contribution in [2.24, 2.45) is 7.05 Å². The molecule has 5 rings (SSSR count). The zero-order valence-electron chi connectivity index (χ0n) is 16.2. The molecule has 1 aliphatic rings. The van der Waals surface area contributed by atoms with Crippen molar-refractivity contribution < 1.29 is 8.42 Å². The number of nitrogens with zero attached hydrogens (tertiary/aromatic N) is 4. The van der Waals surface area contributed by atoms with E-state index in [0.29, 0.717) is 11.6 Å². The van der Waals surface area contributed by atoms with Crippen molar-refractivity contribution in [2.45, 2.75) is 36.5 Å². The topological polar surface area (TPSA) is 69.8 Å². The van der Waals surface area contributed by atoms with E-state index in [-0.39, 0.29) is 4.90 Å². The smallest absolute Gasteiger partial charge is 0.269 e. The molecule has 1 aromatic carbocycles. The quantitative estimate of drug-likeness (QED) is 0.506. The summed E-state index contributed by atoms with van der Waals surface area (Å²) < 4.78 is 29.7. The molecule has 3 aromatic heterocycles. The first-order chi connectivity index (χ1) is 14.0. The van der Waals surface area contributed by atoms with Gasteiger partial charge < -0.3 is 0 Å². The Hall–Kier alpha value is -2.93. The fourth-order valence-electron chi connectivity index (χ4n) is 4.26. The van der Waals surface area contributed by atoms with Crippen LogP contribution >= 0.6 is 0 Å². The fourth-order valence-corrected chi connectivity index (χ4v) is 5.60. The highest BCUT2D eigenvalue weighted by atomic mass is 32.2. The summed E-state index contributed by atoms with van der Waals surface area (Å²) in [5.41, 5.74) is 3.36. The van der Waals surface area contributed by atoms with Crippen LogP contribution in [0.5, 0.6) is 0 Å². The van der Waals surface area contributed by atoms with Crippen molar-refractivity contribution in [3.8, 4) is 11.1 Å². The lowest BCUT2D eigenvalue weighted by Gasteiger charge is -2.10. The van der Waals surface area contributed by atoms with Crippen LogP contribution in [0.15, 0.2) is 66.1 Å². The Bertz CT molecular complexity index is 1280. The van der Waals surface area contributed by atoms with Crippen LogP contribution in [0.1, 0.15) is 37.2 Å². The molecule has 0 N–H and O–H groups in total. The van der Waals surface area contributed by atoms with Crippen molar-refractivity contribution in [3.63, 3.8) is 0 Å². The van der Waals surface area contributed by atoms with Gasteiger partial charge in [-0.3, -0.25) is 4.68 Å². The van der Waals surface area contributed by atoms with Crippen molar-refractivity contribution in [1.82, 2.24) is 18.7 Å². The van der Waals surface area contributed by atoms with Gasteiger partial charge in [-0.25, -0.2) is 17.4 Å². The van der Waals surface area contributed by atoms with E-state index >= 15 is 0 Å². The second kappa shape index (κ2) is 6.84. The van der Waals surface area contributed by atoms with E-state index in [1.807, 2.05) is 19.4 Å². The lowest BCUT2D eigenvalue weighted by molar-refractivity contribution is 0.589. The molecule has 1 aliphatic carbocycles. The van der Waals surface area contributed by atoms with Crippen LogP contribution in [0, 0.1) is 0 Å². The minimum atomic E-state index is -3.75. The Labute approximate surface area is 169 Å². The molecule has 0 bridgehead atoms. The van der Waals surface area contributed by atoms with Gasteiger partial charge in [0.1, 0.15) is 0 Å². The summed E-state index contributed by atoms with van der Waals surface area (Å²) >= 11 is 0. The molecule has 29 heavy (non-hydrogen) atoms. The summed E-state index contributed by atoms with van der Waals surface area (Å²) in [5, 5.41) is 5.12. The molecule has 0 radical (unpaired) electrons. The molecular weight excluding hydrogens is 384 g/mol. The van der Waals surface area contributed by atoms with E-state index in [1.54, 1.807) is 47.4 Å². The highest BCUT2D eigenvalue weighted by Gasteiger charge is 2.25. The molecular formula is C22H22N4O2S. The number of benzene rings is 1. The van der Waals surface area contributed by atoms with Crippen molar-refractivity contribution in [3.05, 3.63) is 66.7 Å². The van der Waals surface area contributed by atoms with Gasteiger partial charge in [0.15, 0.2) is 5.65 Å². The number of rotatable bonds is 4. The molecule has 7 heteroatoms. The first-order valence-electron chi connectivity index (χ1n) is 9.85. The van der Waals surface area contributed by atoms with Gasteiger partial charge in [-0.05, 0) is 42.5 Å². The van der Waals surface area contributed by atoms with Crippen LogP contribution in [-0.2, 0) is 17.1 Å². The third kappa shape index (κ3) is 3.06. The van der Waals surface area contributed by atoms with Gasteiger partial charge in [-0.1, -0.05) is 31.0 Å². The largest absolute Gasteiger partial charge is 0.275 e. The van der Waals surface area contributed by atoms with Crippen molar-refractivity contribution >= 4 is 21.1 Å². The number of fused-ring (bicyclic) bond motifs is 1. The predicted molar refractivity (Wildman–Crippen MR) is 112 cm³/mol. The van der Waals surface area contributed by atoms with Crippen molar-refractivity contribution in [2.75, 3.05) is 0 Å². The van der Waals surface area contributed by atoms with E-state index in [9.17, 15) is 8.42 Å². The van der Waals surface area contributed by atoms with Crippen LogP contribution in [0.4, 0.5) is 0 Å². The molecule has 6 nitrogen and oxygen atoms in total. The van der Waals surface area contributed by atoms with Gasteiger partial charge >= 0.3 is 0 Å². The summed E-state index contributed by atoms with van der Waals surface area (Å²) in [6, 6.07) is 10.6. The van der Waals surface area contributed by atoms with E-state index in [2.05, 4.69) is 16.1 Å². The summed E-state index contributed by atoms with van der Waals surface area (Å²) in [6.07, 6.45) is 12.0. The highest BCUT2D eigenvalue weighted by molar-refractivity contribution is 7.90. The van der Waals surface area contributed by atoms with Gasteiger partial charge in [0, 0.05) is 42.2 Å². The first-order valence-corrected chi connectivity index (χ1v) is 11.3. The van der Waals surface area contributed by atoms with Crippen LogP contribution < -0.4 is 0 Å². The Balaban J connectivity index is 1.75. The number of hydrogen-bond acceptors (Lipinski definition) is 4. The molecule has 1 saturated carbocycles. The van der Waals surface area contributed by atoms with E-state index in [1.165, 1.54) is 35.2 Å². The molecule has 0 spiro atoms. The van der Waals surface area contributed by atoms with Gasteiger partial charge in [0.25, 0.3) is 10.0 Å². The molecule has 0 amide bonds. The summed E-state index contributed by atoms with van der Waals surface area (Å²) in [4.78, 5) is 4.87. The fraction of sp³-hybridized carbons (Fsp3) is 0.273. The number of hydrogen-bond donors (Lipinski definition) is 0. The Morgan fingerprint density at radius 1 is 1.03 bits per heavy atom. The molecule has 4 aromatic rings. The lowest BCUT2D eigenvalue weighted by Crippen LogP contribution is -2.12. The number of pyridine rings is 1. The second-order valence-electron chi connectivity index (χ2n) is 7.68. The third-order valence-corrected chi connectivity index (χ3v) is 7.44. The van der Waals surface area contributed by atoms with Crippen LogP contribution in [0.3, 0.4) is 0 Å². The molecule has 3 heterocycles. The number of aryl methyl sites for hydroxylation is 1. The minimum absolute atomic E-state index is 0.247. The van der Waals surface area contributed by atoms with Crippen molar-refractivity contribution in [1.29, 1.82) is 0 Å².